The van der Waals surface area contributed by atoms with E-state index in [0.717, 1.165) is 5.52 Å². The van der Waals surface area contributed by atoms with Crippen LogP contribution >= 0.6 is 15.9 Å². The van der Waals surface area contributed by atoms with Crippen LogP contribution in [-0.4, -0.2) is 15.9 Å². The Kier molecular flexibility index (Phi) is 3.25. The van der Waals surface area contributed by atoms with Crippen LogP contribution in [0, 0.1) is 5.92 Å². The van der Waals surface area contributed by atoms with Crippen molar-refractivity contribution in [1.29, 1.82) is 0 Å². The van der Waals surface area contributed by atoms with Gasteiger partial charge in [-0.3, -0.25) is 10.4 Å². The number of nitrogens with zero attached hydrogens (tertiary/aromatic N) is 1. The monoisotopic (exact) mass is 331 g/mol. The molecular weight excluding hydrogens is 314 g/mol. The van der Waals surface area contributed by atoms with Gasteiger partial charge in [0.2, 0.25) is 0 Å². The molecule has 1 saturated carbocycles. The molecule has 1 saturated heterocycles. The van der Waals surface area contributed by atoms with Gasteiger partial charge in [0.25, 0.3) is 0 Å². The number of hydrazine groups is 1. The van der Waals surface area contributed by atoms with Crippen molar-refractivity contribution in [3.63, 3.8) is 0 Å². The first-order valence-corrected chi connectivity index (χ1v) is 8.24. The molecule has 4 atom stereocenters. The normalized spacial score (nSPS) is 33.2. The summed E-state index contributed by atoms with van der Waals surface area (Å²) in [4.78, 5) is 4.98. The molecule has 1 aromatic heterocycles. The first-order valence-electron chi connectivity index (χ1n) is 7.33. The summed E-state index contributed by atoms with van der Waals surface area (Å²) >= 11 is 3.82. The molecule has 104 valence electrons. The van der Waals surface area contributed by atoms with Crippen LogP contribution in [0.15, 0.2) is 36.5 Å². The quantitative estimate of drug-likeness (QED) is 0.787. The van der Waals surface area contributed by atoms with Crippen LogP contribution < -0.4 is 10.9 Å². The first kappa shape index (κ1) is 12.7. The van der Waals surface area contributed by atoms with Crippen molar-refractivity contribution >= 4 is 26.8 Å². The minimum absolute atomic E-state index is 0.407. The zero-order chi connectivity index (χ0) is 13.5. The van der Waals surface area contributed by atoms with E-state index in [1.54, 1.807) is 0 Å². The van der Waals surface area contributed by atoms with Gasteiger partial charge in [-0.1, -0.05) is 34.5 Å². The molecule has 0 radical (unpaired) electrons. The summed E-state index contributed by atoms with van der Waals surface area (Å²) < 4.78 is 0. The summed E-state index contributed by atoms with van der Waals surface area (Å²) in [5.74, 6) is 0.669. The molecular formula is C16H18BrN3. The standard InChI is InChI=1S/C16H18BrN3/c17-13-5-1-4-12-15(19-20-16(12)13)11-6-7-14-10(9-11)3-2-8-18-14/h2-3,6-9,12-13,15-16,19-20H,1,4-5H2. The number of hydrogen-bond donors (Lipinski definition) is 2. The Morgan fingerprint density at radius 3 is 3.05 bits per heavy atom. The number of nitrogens with one attached hydrogen (secondary N) is 2. The summed E-state index contributed by atoms with van der Waals surface area (Å²) in [6.07, 6.45) is 5.72. The molecule has 0 amide bonds. The summed E-state index contributed by atoms with van der Waals surface area (Å²) in [6.45, 7) is 0. The molecule has 2 fully saturated rings. The molecule has 1 aromatic carbocycles. The number of alkyl halides is 1. The third kappa shape index (κ3) is 2.07. The Bertz CT molecular complexity index is 630. The highest BCUT2D eigenvalue weighted by molar-refractivity contribution is 9.09. The molecule has 2 aromatic rings. The predicted molar refractivity (Wildman–Crippen MR) is 84.6 cm³/mol. The van der Waals surface area contributed by atoms with Gasteiger partial charge < -0.3 is 0 Å². The lowest BCUT2D eigenvalue weighted by Crippen LogP contribution is -2.40. The summed E-state index contributed by atoms with van der Waals surface area (Å²) in [5.41, 5.74) is 9.44. The van der Waals surface area contributed by atoms with Gasteiger partial charge in [0.05, 0.1) is 11.6 Å². The molecule has 4 unspecified atom stereocenters. The van der Waals surface area contributed by atoms with E-state index in [1.165, 1.54) is 30.2 Å². The summed E-state index contributed by atoms with van der Waals surface area (Å²) in [5, 5.41) is 1.22. The Morgan fingerprint density at radius 2 is 2.10 bits per heavy atom. The van der Waals surface area contributed by atoms with Gasteiger partial charge in [-0.2, -0.15) is 0 Å². The van der Waals surface area contributed by atoms with Gasteiger partial charge in [-0.25, -0.2) is 5.43 Å². The lowest BCUT2D eigenvalue weighted by molar-refractivity contribution is 0.318. The molecule has 1 aliphatic heterocycles. The largest absolute Gasteiger partial charge is 0.256 e. The highest BCUT2D eigenvalue weighted by Crippen LogP contribution is 2.40. The van der Waals surface area contributed by atoms with Crippen LogP contribution in [0.5, 0.6) is 0 Å². The number of rotatable bonds is 1. The van der Waals surface area contributed by atoms with Crippen LogP contribution in [0.1, 0.15) is 30.9 Å². The Hall–Kier alpha value is -0.970. The van der Waals surface area contributed by atoms with E-state index in [4.69, 9.17) is 0 Å². The molecule has 4 heteroatoms. The van der Waals surface area contributed by atoms with Crippen molar-refractivity contribution in [2.45, 2.75) is 36.2 Å². The Morgan fingerprint density at radius 1 is 1.15 bits per heavy atom. The average molecular weight is 332 g/mol. The maximum absolute atomic E-state index is 4.40. The van der Waals surface area contributed by atoms with Crippen molar-refractivity contribution in [1.82, 2.24) is 15.8 Å². The zero-order valence-electron chi connectivity index (χ0n) is 11.2. The van der Waals surface area contributed by atoms with Gasteiger partial charge >= 0.3 is 0 Å². The van der Waals surface area contributed by atoms with Crippen LogP contribution in [0.2, 0.25) is 0 Å². The minimum atomic E-state index is 0.407. The molecule has 0 spiro atoms. The maximum Gasteiger partial charge on any atom is 0.0702 e. The molecule has 2 N–H and O–H groups in total. The molecule has 0 bridgehead atoms. The number of aromatic nitrogens is 1. The Labute approximate surface area is 127 Å². The Balaban J connectivity index is 1.69. The molecule has 3 nitrogen and oxygen atoms in total. The second-order valence-corrected chi connectivity index (χ2v) is 7.03. The number of halogens is 1. The van der Waals surface area contributed by atoms with E-state index < -0.39 is 0 Å². The van der Waals surface area contributed by atoms with Crippen LogP contribution in [0.3, 0.4) is 0 Å². The predicted octanol–water partition coefficient (Wildman–Crippen LogP) is 3.32. The smallest absolute Gasteiger partial charge is 0.0702 e. The topological polar surface area (TPSA) is 37.0 Å². The number of pyridine rings is 1. The average Bonchev–Trinajstić information content (AvgIpc) is 2.92. The van der Waals surface area contributed by atoms with E-state index >= 15 is 0 Å². The SMILES string of the molecule is BrC1CCCC2C(c3ccc4ncccc4c3)NNC12. The van der Waals surface area contributed by atoms with Crippen molar-refractivity contribution in [3.8, 4) is 0 Å². The van der Waals surface area contributed by atoms with Crippen LogP contribution in [0.4, 0.5) is 0 Å². The highest BCUT2D eigenvalue weighted by atomic mass is 79.9. The van der Waals surface area contributed by atoms with Gasteiger partial charge in [0.15, 0.2) is 0 Å². The van der Waals surface area contributed by atoms with E-state index in [1.807, 2.05) is 12.3 Å². The first-order chi connectivity index (χ1) is 9.83. The van der Waals surface area contributed by atoms with Gasteiger partial charge in [0.1, 0.15) is 0 Å². The fourth-order valence-corrected chi connectivity index (χ4v) is 4.51. The lowest BCUT2D eigenvalue weighted by Gasteiger charge is -2.31. The van der Waals surface area contributed by atoms with Crippen molar-refractivity contribution in [2.75, 3.05) is 0 Å². The highest BCUT2D eigenvalue weighted by Gasteiger charge is 2.42. The molecule has 20 heavy (non-hydrogen) atoms. The lowest BCUT2D eigenvalue weighted by atomic mass is 9.79. The van der Waals surface area contributed by atoms with E-state index in [2.05, 4.69) is 56.0 Å². The zero-order valence-corrected chi connectivity index (χ0v) is 12.8. The van der Waals surface area contributed by atoms with E-state index in [9.17, 15) is 0 Å². The second-order valence-electron chi connectivity index (χ2n) is 5.86. The van der Waals surface area contributed by atoms with E-state index in [-0.39, 0.29) is 0 Å². The van der Waals surface area contributed by atoms with Crippen LogP contribution in [0.25, 0.3) is 10.9 Å². The third-order valence-electron chi connectivity index (χ3n) is 4.69. The molecule has 2 heterocycles. The van der Waals surface area contributed by atoms with Crippen LogP contribution in [-0.2, 0) is 0 Å². The van der Waals surface area contributed by atoms with Crippen molar-refractivity contribution in [3.05, 3.63) is 42.1 Å². The maximum atomic E-state index is 4.40. The number of fused-ring (bicyclic) bond motifs is 2. The summed E-state index contributed by atoms with van der Waals surface area (Å²) in [6, 6.07) is 11.7. The fourth-order valence-electron chi connectivity index (χ4n) is 3.66. The van der Waals surface area contributed by atoms with Crippen molar-refractivity contribution in [2.24, 2.45) is 5.92 Å². The van der Waals surface area contributed by atoms with Gasteiger partial charge in [-0.05, 0) is 42.5 Å². The number of hydrogen-bond acceptors (Lipinski definition) is 3. The van der Waals surface area contributed by atoms with E-state index in [0.29, 0.717) is 22.8 Å². The summed E-state index contributed by atoms with van der Waals surface area (Å²) in [7, 11) is 0. The minimum Gasteiger partial charge on any atom is -0.256 e. The second kappa shape index (κ2) is 5.10. The fraction of sp³-hybridized carbons (Fsp3) is 0.438. The molecule has 4 rings (SSSR count). The van der Waals surface area contributed by atoms with Gasteiger partial charge in [0, 0.05) is 22.5 Å². The third-order valence-corrected chi connectivity index (χ3v) is 5.72. The number of benzene rings is 1. The van der Waals surface area contributed by atoms with Gasteiger partial charge in [-0.15, -0.1) is 0 Å². The van der Waals surface area contributed by atoms with Crippen molar-refractivity contribution < 1.29 is 0 Å². The molecule has 2 aliphatic rings. The molecule has 1 aliphatic carbocycles.